The predicted octanol–water partition coefficient (Wildman–Crippen LogP) is 2.02. The van der Waals surface area contributed by atoms with Crippen LogP contribution in [-0.4, -0.2) is 42.7 Å². The fourth-order valence-corrected chi connectivity index (χ4v) is 2.52. The molecule has 2 rings (SSSR count). The Labute approximate surface area is 108 Å². The standard InChI is InChI=1S/C14H21FN2O/c1-3-16-7-9-17(10-8-16)13-6-4-5-12(15)14(13)11(2)18/h4-6,11,18H,3,7-10H2,1-2H3/t11-/m0/s1. The van der Waals surface area contributed by atoms with E-state index in [1.807, 2.05) is 6.07 Å². The van der Waals surface area contributed by atoms with Crippen LogP contribution in [0.2, 0.25) is 0 Å². The first-order valence-electron chi connectivity index (χ1n) is 6.57. The number of benzene rings is 1. The predicted molar refractivity (Wildman–Crippen MR) is 71.4 cm³/mol. The van der Waals surface area contributed by atoms with E-state index < -0.39 is 6.10 Å². The first-order chi connectivity index (χ1) is 8.63. The van der Waals surface area contributed by atoms with Gasteiger partial charge >= 0.3 is 0 Å². The summed E-state index contributed by atoms with van der Waals surface area (Å²) in [7, 11) is 0. The zero-order valence-corrected chi connectivity index (χ0v) is 11.1. The minimum atomic E-state index is -0.773. The molecule has 3 nitrogen and oxygen atoms in total. The van der Waals surface area contributed by atoms with Crippen LogP contribution >= 0.6 is 0 Å². The third kappa shape index (κ3) is 2.65. The minimum Gasteiger partial charge on any atom is -0.389 e. The van der Waals surface area contributed by atoms with E-state index in [9.17, 15) is 9.50 Å². The molecule has 0 aliphatic carbocycles. The van der Waals surface area contributed by atoms with Crippen molar-refractivity contribution >= 4 is 5.69 Å². The maximum atomic E-state index is 13.8. The van der Waals surface area contributed by atoms with Crippen LogP contribution in [0.25, 0.3) is 0 Å². The smallest absolute Gasteiger partial charge is 0.131 e. The van der Waals surface area contributed by atoms with Gasteiger partial charge in [-0.1, -0.05) is 13.0 Å². The van der Waals surface area contributed by atoms with Gasteiger partial charge in [0, 0.05) is 37.4 Å². The fraction of sp³-hybridized carbons (Fsp3) is 0.571. The highest BCUT2D eigenvalue weighted by atomic mass is 19.1. The maximum absolute atomic E-state index is 13.8. The Kier molecular flexibility index (Phi) is 4.19. The Hall–Kier alpha value is -1.13. The van der Waals surface area contributed by atoms with Gasteiger partial charge in [-0.3, -0.25) is 0 Å². The van der Waals surface area contributed by atoms with E-state index >= 15 is 0 Å². The molecule has 0 amide bonds. The summed E-state index contributed by atoms with van der Waals surface area (Å²) in [4.78, 5) is 4.54. The van der Waals surface area contributed by atoms with E-state index in [2.05, 4.69) is 16.7 Å². The molecule has 1 saturated heterocycles. The van der Waals surface area contributed by atoms with Crippen LogP contribution in [0.15, 0.2) is 18.2 Å². The second-order valence-electron chi connectivity index (χ2n) is 4.77. The topological polar surface area (TPSA) is 26.7 Å². The molecule has 1 fully saturated rings. The molecule has 1 aromatic rings. The number of rotatable bonds is 3. The number of anilines is 1. The molecular formula is C14H21FN2O. The van der Waals surface area contributed by atoms with Crippen LogP contribution in [0, 0.1) is 5.82 Å². The largest absolute Gasteiger partial charge is 0.389 e. The molecule has 1 aliphatic heterocycles. The molecule has 1 atom stereocenters. The molecule has 0 saturated carbocycles. The highest BCUT2D eigenvalue weighted by Gasteiger charge is 2.21. The molecule has 100 valence electrons. The van der Waals surface area contributed by atoms with Gasteiger partial charge in [0.05, 0.1) is 6.10 Å². The first kappa shape index (κ1) is 13.3. The van der Waals surface area contributed by atoms with Crippen molar-refractivity contribution in [3.8, 4) is 0 Å². The lowest BCUT2D eigenvalue weighted by atomic mass is 10.1. The van der Waals surface area contributed by atoms with Gasteiger partial charge < -0.3 is 14.9 Å². The summed E-state index contributed by atoms with van der Waals surface area (Å²) in [6.07, 6.45) is -0.773. The van der Waals surface area contributed by atoms with Gasteiger partial charge in [-0.15, -0.1) is 0 Å². The summed E-state index contributed by atoms with van der Waals surface area (Å²) in [6, 6.07) is 5.02. The van der Waals surface area contributed by atoms with Crippen molar-refractivity contribution in [2.24, 2.45) is 0 Å². The van der Waals surface area contributed by atoms with Crippen molar-refractivity contribution < 1.29 is 9.50 Å². The zero-order chi connectivity index (χ0) is 13.1. The number of hydrogen-bond donors (Lipinski definition) is 1. The number of aliphatic hydroxyl groups is 1. The fourth-order valence-electron chi connectivity index (χ4n) is 2.52. The van der Waals surface area contributed by atoms with E-state index in [1.54, 1.807) is 13.0 Å². The molecule has 1 aromatic carbocycles. The van der Waals surface area contributed by atoms with Crippen LogP contribution < -0.4 is 4.90 Å². The van der Waals surface area contributed by atoms with E-state index in [4.69, 9.17) is 0 Å². The molecule has 0 bridgehead atoms. The van der Waals surface area contributed by atoms with E-state index in [1.165, 1.54) is 6.07 Å². The normalized spacial score (nSPS) is 19.0. The molecule has 1 heterocycles. The van der Waals surface area contributed by atoms with E-state index in [-0.39, 0.29) is 5.82 Å². The summed E-state index contributed by atoms with van der Waals surface area (Å²) in [6.45, 7) is 8.58. The average molecular weight is 252 g/mol. The van der Waals surface area contributed by atoms with Crippen molar-refractivity contribution in [1.82, 2.24) is 4.90 Å². The minimum absolute atomic E-state index is 0.319. The Morgan fingerprint density at radius 3 is 2.50 bits per heavy atom. The Bertz CT molecular complexity index is 401. The van der Waals surface area contributed by atoms with Crippen molar-refractivity contribution in [3.05, 3.63) is 29.6 Å². The van der Waals surface area contributed by atoms with Crippen molar-refractivity contribution in [1.29, 1.82) is 0 Å². The highest BCUT2D eigenvalue weighted by molar-refractivity contribution is 5.55. The third-order valence-corrected chi connectivity index (χ3v) is 3.61. The van der Waals surface area contributed by atoms with Gasteiger partial charge in [0.1, 0.15) is 5.82 Å². The SMILES string of the molecule is CCN1CCN(c2cccc(F)c2[C@H](C)O)CC1. The van der Waals surface area contributed by atoms with Crippen molar-refractivity contribution in [3.63, 3.8) is 0 Å². The number of nitrogens with zero attached hydrogens (tertiary/aromatic N) is 2. The van der Waals surface area contributed by atoms with Gasteiger partial charge in [-0.05, 0) is 25.6 Å². The van der Waals surface area contributed by atoms with E-state index in [0.29, 0.717) is 5.56 Å². The monoisotopic (exact) mass is 252 g/mol. The molecule has 4 heteroatoms. The summed E-state index contributed by atoms with van der Waals surface area (Å²) >= 11 is 0. The first-order valence-corrected chi connectivity index (χ1v) is 6.57. The van der Waals surface area contributed by atoms with Crippen LogP contribution in [0.4, 0.5) is 10.1 Å². The van der Waals surface area contributed by atoms with Gasteiger partial charge in [0.25, 0.3) is 0 Å². The van der Waals surface area contributed by atoms with Gasteiger partial charge in [0.2, 0.25) is 0 Å². The number of aliphatic hydroxyl groups excluding tert-OH is 1. The quantitative estimate of drug-likeness (QED) is 0.891. The van der Waals surface area contributed by atoms with E-state index in [0.717, 1.165) is 38.4 Å². The molecule has 0 radical (unpaired) electrons. The third-order valence-electron chi connectivity index (χ3n) is 3.61. The van der Waals surface area contributed by atoms with Crippen LogP contribution in [-0.2, 0) is 0 Å². The zero-order valence-electron chi connectivity index (χ0n) is 11.1. The van der Waals surface area contributed by atoms with Crippen LogP contribution in [0.5, 0.6) is 0 Å². The van der Waals surface area contributed by atoms with Gasteiger partial charge in [-0.2, -0.15) is 0 Å². The lowest BCUT2D eigenvalue weighted by molar-refractivity contribution is 0.194. The second kappa shape index (κ2) is 5.67. The molecular weight excluding hydrogens is 231 g/mol. The molecule has 0 aromatic heterocycles. The summed E-state index contributed by atoms with van der Waals surface area (Å²) in [5, 5.41) is 9.74. The molecule has 1 N–H and O–H groups in total. The molecule has 18 heavy (non-hydrogen) atoms. The number of likely N-dealkylation sites (N-methyl/N-ethyl adjacent to an activating group) is 1. The van der Waals surface area contributed by atoms with Crippen LogP contribution in [0.3, 0.4) is 0 Å². The molecule has 1 aliphatic rings. The average Bonchev–Trinajstić information content (AvgIpc) is 2.38. The highest BCUT2D eigenvalue weighted by Crippen LogP contribution is 2.29. The van der Waals surface area contributed by atoms with Gasteiger partial charge in [0.15, 0.2) is 0 Å². The number of piperazine rings is 1. The lowest BCUT2D eigenvalue weighted by Gasteiger charge is -2.36. The van der Waals surface area contributed by atoms with Crippen molar-refractivity contribution in [2.45, 2.75) is 20.0 Å². The molecule has 0 unspecified atom stereocenters. The maximum Gasteiger partial charge on any atom is 0.131 e. The number of halogens is 1. The Morgan fingerprint density at radius 2 is 1.94 bits per heavy atom. The van der Waals surface area contributed by atoms with Crippen LogP contribution in [0.1, 0.15) is 25.5 Å². The Morgan fingerprint density at radius 1 is 1.28 bits per heavy atom. The summed E-state index contributed by atoms with van der Waals surface area (Å²) < 4.78 is 13.8. The lowest BCUT2D eigenvalue weighted by Crippen LogP contribution is -2.46. The second-order valence-corrected chi connectivity index (χ2v) is 4.77. The molecule has 0 spiro atoms. The van der Waals surface area contributed by atoms with Gasteiger partial charge in [-0.25, -0.2) is 4.39 Å². The number of hydrogen-bond acceptors (Lipinski definition) is 3. The van der Waals surface area contributed by atoms with Crippen molar-refractivity contribution in [2.75, 3.05) is 37.6 Å². The summed E-state index contributed by atoms with van der Waals surface area (Å²) in [5.41, 5.74) is 1.25. The Balaban J connectivity index is 2.21. The summed E-state index contributed by atoms with van der Waals surface area (Å²) in [5.74, 6) is -0.319.